The van der Waals surface area contributed by atoms with Crippen LogP contribution in [0.2, 0.25) is 0 Å². The number of aryl methyl sites for hydroxylation is 2. The third-order valence-electron chi connectivity index (χ3n) is 4.49. The van der Waals surface area contributed by atoms with Crippen molar-refractivity contribution in [1.29, 1.82) is 0 Å². The van der Waals surface area contributed by atoms with E-state index in [0.29, 0.717) is 25.2 Å². The van der Waals surface area contributed by atoms with Gasteiger partial charge < -0.3 is 5.32 Å². The summed E-state index contributed by atoms with van der Waals surface area (Å²) in [7, 11) is 0. The Kier molecular flexibility index (Phi) is 5.88. The molecule has 0 aliphatic carbocycles. The number of benzene rings is 1. The van der Waals surface area contributed by atoms with Crippen molar-refractivity contribution in [2.75, 3.05) is 12.8 Å². The van der Waals surface area contributed by atoms with Gasteiger partial charge in [0, 0.05) is 29.2 Å². The summed E-state index contributed by atoms with van der Waals surface area (Å²) in [6, 6.07) is 8.45. The van der Waals surface area contributed by atoms with E-state index in [4.69, 9.17) is 0 Å². The molecule has 1 amide bonds. The van der Waals surface area contributed by atoms with E-state index in [2.05, 4.69) is 50.9 Å². The van der Waals surface area contributed by atoms with E-state index in [1.807, 2.05) is 13.8 Å². The summed E-state index contributed by atoms with van der Waals surface area (Å²) in [6.45, 7) is 4.59. The van der Waals surface area contributed by atoms with Crippen LogP contribution in [-0.4, -0.2) is 38.3 Å². The van der Waals surface area contributed by atoms with Crippen molar-refractivity contribution in [3.05, 3.63) is 53.1 Å². The highest BCUT2D eigenvalue weighted by Crippen LogP contribution is 2.16. The molecule has 2 aromatic heterocycles. The standard InChI is InChI=1S/C19H23N5OS/c1-13-17(14(2)24-19(23-13)21-12-22-24)8-9-18(25)20-11-10-15-4-6-16(26-3)7-5-15/h4-7,12H,8-11H2,1-3H3,(H,20,25). The van der Waals surface area contributed by atoms with Crippen molar-refractivity contribution in [1.82, 2.24) is 24.9 Å². The first-order chi connectivity index (χ1) is 12.6. The van der Waals surface area contributed by atoms with E-state index in [9.17, 15) is 4.79 Å². The second-order valence-electron chi connectivity index (χ2n) is 6.18. The summed E-state index contributed by atoms with van der Waals surface area (Å²) in [5, 5.41) is 7.19. The predicted molar refractivity (Wildman–Crippen MR) is 104 cm³/mol. The Labute approximate surface area is 157 Å². The zero-order chi connectivity index (χ0) is 18.5. The Morgan fingerprint density at radius 1 is 1.19 bits per heavy atom. The molecule has 0 radical (unpaired) electrons. The van der Waals surface area contributed by atoms with Crippen LogP contribution < -0.4 is 5.32 Å². The molecule has 0 atom stereocenters. The summed E-state index contributed by atoms with van der Waals surface area (Å²) < 4.78 is 1.72. The van der Waals surface area contributed by atoms with Crippen molar-refractivity contribution in [2.45, 2.75) is 38.0 Å². The van der Waals surface area contributed by atoms with Crippen LogP contribution in [0.15, 0.2) is 35.5 Å². The van der Waals surface area contributed by atoms with Crippen LogP contribution in [0.1, 0.15) is 28.9 Å². The van der Waals surface area contributed by atoms with Crippen LogP contribution >= 0.6 is 11.8 Å². The molecule has 1 aromatic carbocycles. The summed E-state index contributed by atoms with van der Waals surface area (Å²) in [5.74, 6) is 0.656. The summed E-state index contributed by atoms with van der Waals surface area (Å²) in [5.41, 5.74) is 4.19. The van der Waals surface area contributed by atoms with E-state index in [0.717, 1.165) is 23.4 Å². The van der Waals surface area contributed by atoms with Gasteiger partial charge in [-0.1, -0.05) is 12.1 Å². The molecule has 0 bridgehead atoms. The van der Waals surface area contributed by atoms with E-state index in [1.165, 1.54) is 16.8 Å². The van der Waals surface area contributed by atoms with E-state index in [1.54, 1.807) is 16.3 Å². The zero-order valence-corrected chi connectivity index (χ0v) is 16.1. The minimum atomic E-state index is 0.0585. The van der Waals surface area contributed by atoms with Gasteiger partial charge in [0.25, 0.3) is 5.78 Å². The number of rotatable bonds is 7. The summed E-state index contributed by atoms with van der Waals surface area (Å²) in [4.78, 5) is 22.0. The average molecular weight is 369 g/mol. The minimum Gasteiger partial charge on any atom is -0.356 e. The number of nitrogens with zero attached hydrogens (tertiary/aromatic N) is 4. The van der Waals surface area contributed by atoms with Gasteiger partial charge in [-0.2, -0.15) is 10.1 Å². The third-order valence-corrected chi connectivity index (χ3v) is 5.23. The number of hydrogen-bond donors (Lipinski definition) is 1. The molecule has 3 aromatic rings. The molecule has 1 N–H and O–H groups in total. The van der Waals surface area contributed by atoms with Crippen LogP contribution in [0.25, 0.3) is 5.78 Å². The first-order valence-corrected chi connectivity index (χ1v) is 9.86. The Morgan fingerprint density at radius 2 is 1.96 bits per heavy atom. The van der Waals surface area contributed by atoms with Crippen LogP contribution in [0.5, 0.6) is 0 Å². The van der Waals surface area contributed by atoms with Gasteiger partial charge in [-0.15, -0.1) is 11.8 Å². The SMILES string of the molecule is CSc1ccc(CCNC(=O)CCc2c(C)nc3ncnn3c2C)cc1. The summed E-state index contributed by atoms with van der Waals surface area (Å²) in [6.07, 6.45) is 5.49. The van der Waals surface area contributed by atoms with Crippen molar-refractivity contribution in [3.8, 4) is 0 Å². The number of carbonyl (C=O) groups excluding carboxylic acids is 1. The number of aromatic nitrogens is 4. The molecule has 0 aliphatic rings. The lowest BCUT2D eigenvalue weighted by Crippen LogP contribution is -2.26. The third kappa shape index (κ3) is 4.22. The van der Waals surface area contributed by atoms with Crippen molar-refractivity contribution < 1.29 is 4.79 Å². The molecule has 7 heteroatoms. The molecule has 0 fully saturated rings. The average Bonchev–Trinajstić information content (AvgIpc) is 3.10. The fourth-order valence-electron chi connectivity index (χ4n) is 2.98. The zero-order valence-electron chi connectivity index (χ0n) is 15.3. The molecule has 26 heavy (non-hydrogen) atoms. The van der Waals surface area contributed by atoms with Crippen LogP contribution in [0.4, 0.5) is 0 Å². The number of thioether (sulfide) groups is 1. The van der Waals surface area contributed by atoms with Gasteiger partial charge in [-0.25, -0.2) is 9.50 Å². The van der Waals surface area contributed by atoms with Crippen molar-refractivity contribution >= 4 is 23.4 Å². The van der Waals surface area contributed by atoms with Gasteiger partial charge in [-0.3, -0.25) is 4.79 Å². The highest BCUT2D eigenvalue weighted by Gasteiger charge is 2.12. The lowest BCUT2D eigenvalue weighted by atomic mass is 10.1. The van der Waals surface area contributed by atoms with Crippen LogP contribution in [-0.2, 0) is 17.6 Å². The van der Waals surface area contributed by atoms with Gasteiger partial charge in [0.05, 0.1) is 0 Å². The van der Waals surface area contributed by atoms with E-state index < -0.39 is 0 Å². The smallest absolute Gasteiger partial charge is 0.252 e. The minimum absolute atomic E-state index is 0.0585. The number of hydrogen-bond acceptors (Lipinski definition) is 5. The maximum atomic E-state index is 12.2. The Morgan fingerprint density at radius 3 is 2.69 bits per heavy atom. The highest BCUT2D eigenvalue weighted by atomic mass is 32.2. The van der Waals surface area contributed by atoms with Crippen molar-refractivity contribution in [3.63, 3.8) is 0 Å². The molecule has 0 aliphatic heterocycles. The quantitative estimate of drug-likeness (QED) is 0.649. The Balaban J connectivity index is 1.51. The van der Waals surface area contributed by atoms with Gasteiger partial charge >= 0.3 is 0 Å². The van der Waals surface area contributed by atoms with E-state index in [-0.39, 0.29) is 5.91 Å². The molecule has 2 heterocycles. The molecule has 136 valence electrons. The van der Waals surface area contributed by atoms with Gasteiger partial charge in [0.2, 0.25) is 5.91 Å². The molecule has 0 unspecified atom stereocenters. The molecule has 0 saturated carbocycles. The Hall–Kier alpha value is -2.41. The molecular formula is C19H23N5OS. The van der Waals surface area contributed by atoms with Crippen LogP contribution in [0, 0.1) is 13.8 Å². The van der Waals surface area contributed by atoms with Gasteiger partial charge in [-0.05, 0) is 56.2 Å². The second-order valence-corrected chi connectivity index (χ2v) is 7.06. The maximum absolute atomic E-state index is 12.2. The first kappa shape index (κ1) is 18.4. The fraction of sp³-hybridized carbons (Fsp3) is 0.368. The lowest BCUT2D eigenvalue weighted by molar-refractivity contribution is -0.121. The van der Waals surface area contributed by atoms with Gasteiger partial charge in [0.15, 0.2) is 0 Å². The second kappa shape index (κ2) is 8.31. The lowest BCUT2D eigenvalue weighted by Gasteiger charge is -2.10. The number of carbonyl (C=O) groups is 1. The molecular weight excluding hydrogens is 346 g/mol. The maximum Gasteiger partial charge on any atom is 0.252 e. The topological polar surface area (TPSA) is 72.2 Å². The van der Waals surface area contributed by atoms with Crippen molar-refractivity contribution in [2.24, 2.45) is 0 Å². The summed E-state index contributed by atoms with van der Waals surface area (Å²) >= 11 is 1.73. The molecule has 0 saturated heterocycles. The number of fused-ring (bicyclic) bond motifs is 1. The monoisotopic (exact) mass is 369 g/mol. The predicted octanol–water partition coefficient (Wildman–Crippen LogP) is 2.75. The first-order valence-electron chi connectivity index (χ1n) is 8.64. The fourth-order valence-corrected chi connectivity index (χ4v) is 3.39. The molecule has 6 nitrogen and oxygen atoms in total. The number of amides is 1. The molecule has 0 spiro atoms. The number of nitrogens with one attached hydrogen (secondary N) is 1. The van der Waals surface area contributed by atoms with Crippen LogP contribution in [0.3, 0.4) is 0 Å². The normalized spacial score (nSPS) is 11.0. The Bertz CT molecular complexity index is 904. The molecule has 3 rings (SSSR count). The largest absolute Gasteiger partial charge is 0.356 e. The van der Waals surface area contributed by atoms with E-state index >= 15 is 0 Å². The highest BCUT2D eigenvalue weighted by molar-refractivity contribution is 7.98. The van der Waals surface area contributed by atoms with Gasteiger partial charge in [0.1, 0.15) is 6.33 Å².